The Hall–Kier alpha value is -2.98. The molecule has 3 rings (SSSR count). The fraction of sp³-hybridized carbons (Fsp3) is 0.235. The van der Waals surface area contributed by atoms with E-state index >= 15 is 0 Å². The lowest BCUT2D eigenvalue weighted by Gasteiger charge is -2.09. The number of sulfonamides is 1. The number of rotatable bonds is 7. The van der Waals surface area contributed by atoms with Crippen molar-refractivity contribution in [2.45, 2.75) is 25.2 Å². The third kappa shape index (κ3) is 5.25. The fourth-order valence-electron chi connectivity index (χ4n) is 2.46. The highest BCUT2D eigenvalue weighted by atomic mass is 32.2. The average Bonchev–Trinajstić information content (AvgIpc) is 2.99. The van der Waals surface area contributed by atoms with Crippen LogP contribution in [0.2, 0.25) is 0 Å². The summed E-state index contributed by atoms with van der Waals surface area (Å²) in [5.41, 5.74) is 0.983. The van der Waals surface area contributed by atoms with Crippen molar-refractivity contribution in [3.8, 4) is 0 Å². The molecule has 0 aliphatic carbocycles. The van der Waals surface area contributed by atoms with Crippen LogP contribution in [-0.4, -0.2) is 30.1 Å². The van der Waals surface area contributed by atoms with Crippen molar-refractivity contribution in [2.24, 2.45) is 5.14 Å². The summed E-state index contributed by atoms with van der Waals surface area (Å²) in [6, 6.07) is 10.0. The van der Waals surface area contributed by atoms with Gasteiger partial charge in [0.05, 0.1) is 4.90 Å². The largest absolute Gasteiger partial charge is 0.370 e. The summed E-state index contributed by atoms with van der Waals surface area (Å²) in [4.78, 5) is 8.78. The van der Waals surface area contributed by atoms with Crippen molar-refractivity contribution in [1.82, 2.24) is 15.1 Å². The van der Waals surface area contributed by atoms with Crippen molar-refractivity contribution < 1.29 is 12.9 Å². The number of nitrogens with one attached hydrogen (secondary N) is 2. The Bertz CT molecular complexity index is 1030. The topological polar surface area (TPSA) is 136 Å². The molecule has 0 saturated heterocycles. The predicted molar refractivity (Wildman–Crippen MR) is 101 cm³/mol. The summed E-state index contributed by atoms with van der Waals surface area (Å²) >= 11 is 0. The summed E-state index contributed by atoms with van der Waals surface area (Å²) in [6.45, 7) is 4.23. The third-order valence-electron chi connectivity index (χ3n) is 3.69. The van der Waals surface area contributed by atoms with Crippen LogP contribution in [0.25, 0.3) is 0 Å². The highest BCUT2D eigenvalue weighted by Crippen LogP contribution is 2.17. The first kappa shape index (κ1) is 18.8. The van der Waals surface area contributed by atoms with Gasteiger partial charge in [-0.2, -0.15) is 0 Å². The minimum atomic E-state index is -3.67. The lowest BCUT2D eigenvalue weighted by molar-refractivity contribution is 0.400. The van der Waals surface area contributed by atoms with Crippen LogP contribution in [0.1, 0.15) is 17.1 Å². The molecule has 10 heteroatoms. The van der Waals surface area contributed by atoms with Crippen LogP contribution in [0.3, 0.4) is 0 Å². The molecule has 0 unspecified atom stereocenters. The zero-order valence-electron chi connectivity index (χ0n) is 14.9. The fourth-order valence-corrected chi connectivity index (χ4v) is 2.97. The van der Waals surface area contributed by atoms with E-state index in [2.05, 4.69) is 25.8 Å². The smallest absolute Gasteiger partial charge is 0.238 e. The van der Waals surface area contributed by atoms with Gasteiger partial charge >= 0.3 is 0 Å². The number of hydrogen-bond donors (Lipinski definition) is 3. The Morgan fingerprint density at radius 2 is 1.74 bits per heavy atom. The maximum atomic E-state index is 11.3. The molecule has 0 fully saturated rings. The van der Waals surface area contributed by atoms with Gasteiger partial charge in [0.2, 0.25) is 10.0 Å². The number of primary sulfonamides is 1. The lowest BCUT2D eigenvalue weighted by atomic mass is 10.1. The molecule has 0 amide bonds. The SMILES string of the molecule is Cc1nc(NCCc2ccc(S(N)(=O)=O)cc2)cc(Nc2cc(C)on2)n1. The maximum Gasteiger partial charge on any atom is 0.238 e. The second-order valence-corrected chi connectivity index (χ2v) is 7.56. The molecule has 0 aliphatic heterocycles. The van der Waals surface area contributed by atoms with E-state index in [1.54, 1.807) is 31.2 Å². The number of aryl methyl sites for hydroxylation is 2. The van der Waals surface area contributed by atoms with Crippen molar-refractivity contribution >= 4 is 27.5 Å². The molecule has 2 heterocycles. The van der Waals surface area contributed by atoms with Gasteiger partial charge in [0.1, 0.15) is 23.2 Å². The van der Waals surface area contributed by atoms with Gasteiger partial charge in [0, 0.05) is 18.7 Å². The van der Waals surface area contributed by atoms with Crippen LogP contribution >= 0.6 is 0 Å². The number of benzene rings is 1. The molecule has 0 atom stereocenters. The van der Waals surface area contributed by atoms with Crippen LogP contribution in [0.4, 0.5) is 17.5 Å². The highest BCUT2D eigenvalue weighted by Gasteiger charge is 2.07. The molecule has 142 valence electrons. The van der Waals surface area contributed by atoms with E-state index in [4.69, 9.17) is 9.66 Å². The molecule has 0 radical (unpaired) electrons. The summed E-state index contributed by atoms with van der Waals surface area (Å²) in [7, 11) is -3.67. The molecule has 3 aromatic rings. The molecule has 4 N–H and O–H groups in total. The predicted octanol–water partition coefficient (Wildman–Crippen LogP) is 2.13. The van der Waals surface area contributed by atoms with E-state index in [0.717, 1.165) is 5.56 Å². The first-order chi connectivity index (χ1) is 12.8. The Morgan fingerprint density at radius 3 is 2.37 bits per heavy atom. The first-order valence-corrected chi connectivity index (χ1v) is 9.76. The molecule has 0 bridgehead atoms. The molecular formula is C17H20N6O3S. The Morgan fingerprint density at radius 1 is 1.04 bits per heavy atom. The van der Waals surface area contributed by atoms with Crippen molar-refractivity contribution in [2.75, 3.05) is 17.2 Å². The second kappa shape index (κ2) is 7.72. The summed E-state index contributed by atoms with van der Waals surface area (Å²) in [6.07, 6.45) is 0.694. The van der Waals surface area contributed by atoms with Gasteiger partial charge in [-0.05, 0) is 38.0 Å². The molecule has 9 nitrogen and oxygen atoms in total. The zero-order chi connectivity index (χ0) is 19.4. The maximum absolute atomic E-state index is 11.3. The number of aromatic nitrogens is 3. The van der Waals surface area contributed by atoms with Crippen LogP contribution < -0.4 is 15.8 Å². The minimum Gasteiger partial charge on any atom is -0.370 e. The van der Waals surface area contributed by atoms with Gasteiger partial charge in [0.15, 0.2) is 5.82 Å². The molecule has 2 aromatic heterocycles. The van der Waals surface area contributed by atoms with Crippen LogP contribution in [0.15, 0.2) is 45.8 Å². The van der Waals surface area contributed by atoms with Gasteiger partial charge < -0.3 is 15.2 Å². The van der Waals surface area contributed by atoms with Gasteiger partial charge in [-0.1, -0.05) is 17.3 Å². The van der Waals surface area contributed by atoms with Crippen LogP contribution in [0.5, 0.6) is 0 Å². The summed E-state index contributed by atoms with van der Waals surface area (Å²) in [5.74, 6) is 3.17. The lowest BCUT2D eigenvalue weighted by Crippen LogP contribution is -2.12. The molecule has 1 aromatic carbocycles. The Kier molecular flexibility index (Phi) is 5.38. The van der Waals surface area contributed by atoms with E-state index < -0.39 is 10.0 Å². The highest BCUT2D eigenvalue weighted by molar-refractivity contribution is 7.89. The number of nitrogens with zero attached hydrogens (tertiary/aromatic N) is 3. The zero-order valence-corrected chi connectivity index (χ0v) is 15.7. The quantitative estimate of drug-likeness (QED) is 0.560. The van der Waals surface area contributed by atoms with E-state index in [-0.39, 0.29) is 4.90 Å². The normalized spacial score (nSPS) is 11.4. The number of anilines is 3. The molecule has 27 heavy (non-hydrogen) atoms. The Balaban J connectivity index is 1.60. The third-order valence-corrected chi connectivity index (χ3v) is 4.62. The standard InChI is InChI=1S/C17H20N6O3S/c1-11-9-17(23-26-11)22-16-10-15(20-12(2)21-16)19-8-7-13-3-5-14(6-4-13)27(18,24)25/h3-6,9-10H,7-8H2,1-2H3,(H2,18,24,25)(H2,19,20,21,22,23). The van der Waals surface area contributed by atoms with Crippen LogP contribution in [0, 0.1) is 13.8 Å². The molecule has 0 saturated carbocycles. The van der Waals surface area contributed by atoms with E-state index in [0.29, 0.717) is 42.0 Å². The van der Waals surface area contributed by atoms with Gasteiger partial charge in [0.25, 0.3) is 0 Å². The van der Waals surface area contributed by atoms with E-state index in [1.165, 1.54) is 12.1 Å². The minimum absolute atomic E-state index is 0.101. The van der Waals surface area contributed by atoms with Crippen LogP contribution in [-0.2, 0) is 16.4 Å². The van der Waals surface area contributed by atoms with Crippen molar-refractivity contribution in [3.63, 3.8) is 0 Å². The molecule has 0 spiro atoms. The monoisotopic (exact) mass is 388 g/mol. The van der Waals surface area contributed by atoms with E-state index in [9.17, 15) is 8.42 Å². The number of nitrogens with two attached hydrogens (primary N) is 1. The number of hydrogen-bond acceptors (Lipinski definition) is 8. The summed E-state index contributed by atoms with van der Waals surface area (Å²) in [5, 5.41) is 15.3. The summed E-state index contributed by atoms with van der Waals surface area (Å²) < 4.78 is 27.6. The first-order valence-electron chi connectivity index (χ1n) is 8.21. The van der Waals surface area contributed by atoms with E-state index in [1.807, 2.05) is 6.92 Å². The average molecular weight is 388 g/mol. The van der Waals surface area contributed by atoms with Gasteiger partial charge in [-0.25, -0.2) is 23.5 Å². The van der Waals surface area contributed by atoms with Gasteiger partial charge in [-0.3, -0.25) is 0 Å². The molecular weight excluding hydrogens is 368 g/mol. The van der Waals surface area contributed by atoms with Crippen molar-refractivity contribution in [3.05, 3.63) is 53.5 Å². The Labute approximate surface area is 157 Å². The molecule has 0 aliphatic rings. The van der Waals surface area contributed by atoms with Gasteiger partial charge in [-0.15, -0.1) is 0 Å². The second-order valence-electron chi connectivity index (χ2n) is 6.00. The van der Waals surface area contributed by atoms with Crippen molar-refractivity contribution in [1.29, 1.82) is 0 Å².